The van der Waals surface area contributed by atoms with Crippen molar-refractivity contribution in [3.63, 3.8) is 0 Å². The Balaban J connectivity index is 1.78. The standard InChI is InChI=1S/C24H26N6O3/c1-15-19(16(2)29(4)27-15)13-30(14-22-26-20-8-6-7-9-21(20)28(22)3)23(31)18-12-25-11-10-17(18)24(32)33-5/h6-12H,13-14H2,1-5H3. The maximum atomic E-state index is 13.8. The van der Waals surface area contributed by atoms with Gasteiger partial charge >= 0.3 is 5.97 Å². The molecule has 0 aliphatic heterocycles. The van der Waals surface area contributed by atoms with E-state index < -0.39 is 5.97 Å². The van der Waals surface area contributed by atoms with E-state index in [9.17, 15) is 9.59 Å². The number of rotatable bonds is 6. The molecule has 0 unspecified atom stereocenters. The van der Waals surface area contributed by atoms with Gasteiger partial charge in [-0.3, -0.25) is 14.5 Å². The summed E-state index contributed by atoms with van der Waals surface area (Å²) >= 11 is 0. The van der Waals surface area contributed by atoms with E-state index in [0.717, 1.165) is 33.8 Å². The maximum Gasteiger partial charge on any atom is 0.338 e. The largest absolute Gasteiger partial charge is 0.465 e. The molecule has 1 amide bonds. The fraction of sp³-hybridized carbons (Fsp3) is 0.292. The Morgan fingerprint density at radius 2 is 1.82 bits per heavy atom. The zero-order valence-corrected chi connectivity index (χ0v) is 19.4. The van der Waals surface area contributed by atoms with Gasteiger partial charge in [0.15, 0.2) is 0 Å². The average Bonchev–Trinajstić information content (AvgIpc) is 3.27. The quantitative estimate of drug-likeness (QED) is 0.423. The van der Waals surface area contributed by atoms with E-state index in [0.29, 0.717) is 6.54 Å². The molecular weight excluding hydrogens is 420 g/mol. The van der Waals surface area contributed by atoms with Gasteiger partial charge in [0.25, 0.3) is 5.91 Å². The number of para-hydroxylation sites is 2. The lowest BCUT2D eigenvalue weighted by Crippen LogP contribution is -2.33. The van der Waals surface area contributed by atoms with E-state index in [4.69, 9.17) is 9.72 Å². The molecule has 1 aromatic carbocycles. The molecule has 0 radical (unpaired) electrons. The minimum absolute atomic E-state index is 0.173. The van der Waals surface area contributed by atoms with Crippen molar-refractivity contribution in [1.82, 2.24) is 29.2 Å². The summed E-state index contributed by atoms with van der Waals surface area (Å²) in [4.78, 5) is 36.6. The molecule has 3 aromatic heterocycles. The van der Waals surface area contributed by atoms with Gasteiger partial charge < -0.3 is 14.2 Å². The number of carbonyl (C=O) groups is 2. The van der Waals surface area contributed by atoms with Crippen molar-refractivity contribution >= 4 is 22.9 Å². The minimum atomic E-state index is -0.586. The summed E-state index contributed by atoms with van der Waals surface area (Å²) in [5.41, 5.74) is 4.95. The van der Waals surface area contributed by atoms with Crippen LogP contribution in [-0.4, -0.2) is 48.2 Å². The number of imidazole rings is 1. The Labute approximate surface area is 191 Å². The number of hydrogen-bond acceptors (Lipinski definition) is 6. The van der Waals surface area contributed by atoms with E-state index in [-0.39, 0.29) is 23.6 Å². The van der Waals surface area contributed by atoms with Crippen LogP contribution in [0.2, 0.25) is 0 Å². The van der Waals surface area contributed by atoms with Crippen LogP contribution in [0.4, 0.5) is 0 Å². The van der Waals surface area contributed by atoms with E-state index in [1.807, 2.05) is 56.8 Å². The first-order valence-electron chi connectivity index (χ1n) is 10.5. The molecule has 0 spiro atoms. The molecule has 4 aromatic rings. The van der Waals surface area contributed by atoms with Gasteiger partial charge in [0.2, 0.25) is 0 Å². The lowest BCUT2D eigenvalue weighted by atomic mass is 10.1. The van der Waals surface area contributed by atoms with E-state index in [1.165, 1.54) is 25.6 Å². The van der Waals surface area contributed by atoms with Crippen molar-refractivity contribution in [2.24, 2.45) is 14.1 Å². The van der Waals surface area contributed by atoms with E-state index in [1.54, 1.807) is 9.58 Å². The Morgan fingerprint density at radius 3 is 2.48 bits per heavy atom. The fourth-order valence-corrected chi connectivity index (χ4v) is 3.97. The van der Waals surface area contributed by atoms with Crippen molar-refractivity contribution in [3.05, 3.63) is 76.6 Å². The lowest BCUT2D eigenvalue weighted by molar-refractivity contribution is 0.0587. The van der Waals surface area contributed by atoms with E-state index >= 15 is 0 Å². The van der Waals surface area contributed by atoms with Crippen LogP contribution in [-0.2, 0) is 31.9 Å². The number of carbonyl (C=O) groups excluding carboxylic acids is 2. The molecule has 9 nitrogen and oxygen atoms in total. The first-order valence-corrected chi connectivity index (χ1v) is 10.5. The second-order valence-corrected chi connectivity index (χ2v) is 7.92. The van der Waals surface area contributed by atoms with Gasteiger partial charge in [0.05, 0.1) is 48.1 Å². The smallest absolute Gasteiger partial charge is 0.338 e. The van der Waals surface area contributed by atoms with Gasteiger partial charge in [-0.15, -0.1) is 0 Å². The number of hydrogen-bond donors (Lipinski definition) is 0. The number of aryl methyl sites for hydroxylation is 3. The minimum Gasteiger partial charge on any atom is -0.465 e. The molecule has 0 bridgehead atoms. The van der Waals surface area contributed by atoms with Gasteiger partial charge in [-0.1, -0.05) is 12.1 Å². The third-order valence-corrected chi connectivity index (χ3v) is 5.96. The molecule has 170 valence electrons. The normalized spacial score (nSPS) is 11.1. The molecule has 4 rings (SSSR count). The lowest BCUT2D eigenvalue weighted by Gasteiger charge is -2.23. The molecule has 0 saturated carbocycles. The SMILES string of the molecule is COC(=O)c1ccncc1C(=O)N(Cc1c(C)nn(C)c1C)Cc1nc2ccccc2n1C. The molecule has 0 aliphatic carbocycles. The molecule has 0 fully saturated rings. The van der Waals surface area contributed by atoms with Crippen LogP contribution in [0.25, 0.3) is 11.0 Å². The summed E-state index contributed by atoms with van der Waals surface area (Å²) in [6, 6.07) is 9.31. The number of benzene rings is 1. The molecule has 0 N–H and O–H groups in total. The predicted octanol–water partition coefficient (Wildman–Crippen LogP) is 2.95. The van der Waals surface area contributed by atoms with Crippen LogP contribution < -0.4 is 0 Å². The second kappa shape index (κ2) is 8.85. The maximum absolute atomic E-state index is 13.8. The van der Waals surface area contributed by atoms with Crippen LogP contribution in [0.3, 0.4) is 0 Å². The Kier molecular flexibility index (Phi) is 5.95. The van der Waals surface area contributed by atoms with Gasteiger partial charge in [0, 0.05) is 37.7 Å². The summed E-state index contributed by atoms with van der Waals surface area (Å²) in [5, 5.41) is 4.49. The van der Waals surface area contributed by atoms with Gasteiger partial charge in [0.1, 0.15) is 5.82 Å². The first-order chi connectivity index (χ1) is 15.8. The van der Waals surface area contributed by atoms with Crippen molar-refractivity contribution in [1.29, 1.82) is 0 Å². The summed E-state index contributed by atoms with van der Waals surface area (Å²) < 4.78 is 8.65. The number of nitrogens with zero attached hydrogens (tertiary/aromatic N) is 6. The number of ether oxygens (including phenoxy) is 1. The number of pyridine rings is 1. The summed E-state index contributed by atoms with van der Waals surface area (Å²) in [6.45, 7) is 4.44. The van der Waals surface area contributed by atoms with Crippen LogP contribution in [0, 0.1) is 13.8 Å². The zero-order valence-electron chi connectivity index (χ0n) is 19.4. The van der Waals surface area contributed by atoms with Gasteiger partial charge in [-0.05, 0) is 32.0 Å². The van der Waals surface area contributed by atoms with Gasteiger partial charge in [-0.2, -0.15) is 5.10 Å². The second-order valence-electron chi connectivity index (χ2n) is 7.92. The van der Waals surface area contributed by atoms with Crippen molar-refractivity contribution in [2.45, 2.75) is 26.9 Å². The summed E-state index contributed by atoms with van der Waals surface area (Å²) in [7, 11) is 5.09. The average molecular weight is 447 g/mol. The molecule has 33 heavy (non-hydrogen) atoms. The monoisotopic (exact) mass is 446 g/mol. The summed E-state index contributed by atoms with van der Waals surface area (Å²) in [5.74, 6) is -0.192. The van der Waals surface area contributed by atoms with Gasteiger partial charge in [-0.25, -0.2) is 9.78 Å². The molecule has 9 heteroatoms. The number of aromatic nitrogens is 5. The molecule has 3 heterocycles. The Morgan fingerprint density at radius 1 is 1.06 bits per heavy atom. The molecule has 0 atom stereocenters. The number of amides is 1. The van der Waals surface area contributed by atoms with Crippen molar-refractivity contribution < 1.29 is 14.3 Å². The Bertz CT molecular complexity index is 1350. The van der Waals surface area contributed by atoms with E-state index in [2.05, 4.69) is 10.1 Å². The highest BCUT2D eigenvalue weighted by atomic mass is 16.5. The van der Waals surface area contributed by atoms with Crippen molar-refractivity contribution in [2.75, 3.05) is 7.11 Å². The zero-order chi connectivity index (χ0) is 23.7. The predicted molar refractivity (Wildman–Crippen MR) is 123 cm³/mol. The van der Waals surface area contributed by atoms with Crippen molar-refractivity contribution in [3.8, 4) is 0 Å². The Hall–Kier alpha value is -4.01. The third kappa shape index (κ3) is 4.09. The topological polar surface area (TPSA) is 95.1 Å². The highest BCUT2D eigenvalue weighted by molar-refractivity contribution is 6.05. The fourth-order valence-electron chi connectivity index (χ4n) is 3.97. The molecule has 0 saturated heterocycles. The van der Waals surface area contributed by atoms with Crippen LogP contribution in [0.15, 0.2) is 42.7 Å². The third-order valence-electron chi connectivity index (χ3n) is 5.96. The highest BCUT2D eigenvalue weighted by Crippen LogP contribution is 2.22. The first kappa shape index (κ1) is 22.2. The molecular formula is C24H26N6O3. The number of methoxy groups -OCH3 is 1. The van der Waals surface area contributed by atoms with Crippen LogP contribution in [0.1, 0.15) is 43.5 Å². The summed E-state index contributed by atoms with van der Waals surface area (Å²) in [6.07, 6.45) is 2.87. The number of fused-ring (bicyclic) bond motifs is 1. The number of esters is 1. The molecule has 0 aliphatic rings. The van der Waals surface area contributed by atoms with Crippen LogP contribution >= 0.6 is 0 Å². The van der Waals surface area contributed by atoms with Crippen LogP contribution in [0.5, 0.6) is 0 Å². The highest BCUT2D eigenvalue weighted by Gasteiger charge is 2.26.